The number of benzene rings is 2. The van der Waals surface area contributed by atoms with Crippen LogP contribution in [0.2, 0.25) is 10.0 Å². The molecule has 0 aliphatic heterocycles. The van der Waals surface area contributed by atoms with E-state index in [1.165, 1.54) is 11.9 Å². The van der Waals surface area contributed by atoms with Crippen molar-refractivity contribution in [1.29, 1.82) is 0 Å². The van der Waals surface area contributed by atoms with Gasteiger partial charge in [-0.05, 0) is 17.7 Å². The van der Waals surface area contributed by atoms with Gasteiger partial charge in [0.05, 0.1) is 10.0 Å². The van der Waals surface area contributed by atoms with Crippen molar-refractivity contribution < 1.29 is 9.90 Å². The summed E-state index contributed by atoms with van der Waals surface area (Å²) in [4.78, 5) is 32.8. The van der Waals surface area contributed by atoms with Crippen molar-refractivity contribution in [3.05, 3.63) is 80.2 Å². The Morgan fingerprint density at radius 3 is 2.52 bits per heavy atom. The Balaban J connectivity index is 1.92. The summed E-state index contributed by atoms with van der Waals surface area (Å²) in [7, 11) is 1.54. The third kappa shape index (κ3) is 4.13. The van der Waals surface area contributed by atoms with Crippen molar-refractivity contribution in [2.24, 2.45) is 0 Å². The molecule has 0 saturated carbocycles. The Kier molecular flexibility index (Phi) is 5.48. The maximum absolute atomic E-state index is 12.7. The predicted octanol–water partition coefficient (Wildman–Crippen LogP) is 3.72. The number of hydrogen-bond acceptors (Lipinski definition) is 4. The zero-order valence-corrected chi connectivity index (χ0v) is 15.8. The quantitative estimate of drug-likeness (QED) is 0.694. The van der Waals surface area contributed by atoms with E-state index in [4.69, 9.17) is 23.2 Å². The highest BCUT2D eigenvalue weighted by Gasteiger charge is 2.22. The number of nitrogens with zero attached hydrogens (tertiary/aromatic N) is 2. The molecule has 6 nitrogen and oxygen atoms in total. The van der Waals surface area contributed by atoms with E-state index >= 15 is 0 Å². The molecule has 1 aromatic heterocycles. The molecule has 8 heteroatoms. The van der Waals surface area contributed by atoms with Gasteiger partial charge in [0, 0.05) is 19.2 Å². The van der Waals surface area contributed by atoms with Crippen molar-refractivity contribution in [3.8, 4) is 17.1 Å². The van der Waals surface area contributed by atoms with Crippen LogP contribution in [0.4, 0.5) is 0 Å². The van der Waals surface area contributed by atoms with Crippen LogP contribution in [0.15, 0.2) is 53.3 Å². The van der Waals surface area contributed by atoms with Gasteiger partial charge in [-0.2, -0.15) is 0 Å². The summed E-state index contributed by atoms with van der Waals surface area (Å²) in [5.41, 5.74) is 0.263. The summed E-state index contributed by atoms with van der Waals surface area (Å²) in [6.45, 7) is 0.199. The first kappa shape index (κ1) is 18.9. The van der Waals surface area contributed by atoms with Crippen molar-refractivity contribution in [1.82, 2.24) is 14.9 Å². The average Bonchev–Trinajstić information content (AvgIpc) is 2.67. The minimum Gasteiger partial charge on any atom is -0.501 e. The number of amides is 1. The van der Waals surface area contributed by atoms with Crippen molar-refractivity contribution in [3.63, 3.8) is 0 Å². The number of halogens is 2. The highest BCUT2D eigenvalue weighted by Crippen LogP contribution is 2.24. The third-order valence-electron chi connectivity index (χ3n) is 3.90. The molecule has 0 bridgehead atoms. The van der Waals surface area contributed by atoms with Crippen LogP contribution in [-0.2, 0) is 6.54 Å². The fraction of sp³-hybridized carbons (Fsp3) is 0.105. The molecule has 1 amide bonds. The number of carbonyl (C=O) groups is 1. The first-order valence-electron chi connectivity index (χ1n) is 7.95. The van der Waals surface area contributed by atoms with Gasteiger partial charge in [0.25, 0.3) is 11.5 Å². The lowest BCUT2D eigenvalue weighted by Crippen LogP contribution is -2.29. The summed E-state index contributed by atoms with van der Waals surface area (Å²) in [5.74, 6) is -1.12. The zero-order valence-electron chi connectivity index (χ0n) is 14.2. The van der Waals surface area contributed by atoms with Crippen LogP contribution in [0.25, 0.3) is 11.4 Å². The molecular weight excluding hydrogens is 389 g/mol. The minimum absolute atomic E-state index is 0.199. The lowest BCUT2D eigenvalue weighted by molar-refractivity contribution is 0.0775. The van der Waals surface area contributed by atoms with E-state index < -0.39 is 17.2 Å². The van der Waals surface area contributed by atoms with Crippen LogP contribution in [0, 0.1) is 0 Å². The van der Waals surface area contributed by atoms with Crippen LogP contribution >= 0.6 is 23.2 Å². The van der Waals surface area contributed by atoms with E-state index in [1.54, 1.807) is 42.5 Å². The van der Waals surface area contributed by atoms with Gasteiger partial charge in [0.2, 0.25) is 5.75 Å². The second-order valence-corrected chi connectivity index (χ2v) is 6.70. The van der Waals surface area contributed by atoms with Crippen molar-refractivity contribution >= 4 is 29.1 Å². The molecule has 1 heterocycles. The molecule has 138 valence electrons. The Hall–Kier alpha value is -2.83. The van der Waals surface area contributed by atoms with Crippen LogP contribution in [-0.4, -0.2) is 32.9 Å². The smallest absolute Gasteiger partial charge is 0.294 e. The molecule has 0 aliphatic carbocycles. The van der Waals surface area contributed by atoms with Crippen LogP contribution in [0.5, 0.6) is 5.75 Å². The molecule has 0 spiro atoms. The molecular formula is C19H15Cl2N3O3. The number of aromatic hydroxyl groups is 1. The summed E-state index contributed by atoms with van der Waals surface area (Å²) in [6.07, 6.45) is 0. The first-order chi connectivity index (χ1) is 12.9. The highest BCUT2D eigenvalue weighted by molar-refractivity contribution is 6.42. The normalized spacial score (nSPS) is 10.6. The zero-order chi connectivity index (χ0) is 19.6. The molecule has 3 rings (SSSR count). The second kappa shape index (κ2) is 7.82. The van der Waals surface area contributed by atoms with Gasteiger partial charge in [-0.15, -0.1) is 0 Å². The van der Waals surface area contributed by atoms with E-state index in [0.717, 1.165) is 5.56 Å². The largest absolute Gasteiger partial charge is 0.501 e. The Labute approximate surface area is 165 Å². The van der Waals surface area contributed by atoms with Gasteiger partial charge < -0.3 is 15.0 Å². The van der Waals surface area contributed by atoms with Gasteiger partial charge in [-0.25, -0.2) is 4.98 Å². The average molecular weight is 404 g/mol. The predicted molar refractivity (Wildman–Crippen MR) is 104 cm³/mol. The van der Waals surface area contributed by atoms with E-state index in [0.29, 0.717) is 15.6 Å². The highest BCUT2D eigenvalue weighted by atomic mass is 35.5. The standard InChI is InChI=1S/C19H15Cl2N3O3/c1-24(10-11-7-8-13(20)14(21)9-11)19(27)15-16(25)18(26)23-17(22-15)12-5-3-2-4-6-12/h2-9,25H,10H2,1H3,(H,22,23,26). The summed E-state index contributed by atoms with van der Waals surface area (Å²) >= 11 is 11.9. The molecule has 0 aliphatic rings. The molecule has 2 N–H and O–H groups in total. The number of aromatic amines is 1. The molecule has 3 aromatic rings. The maximum atomic E-state index is 12.7. The summed E-state index contributed by atoms with van der Waals surface area (Å²) < 4.78 is 0. The summed E-state index contributed by atoms with van der Waals surface area (Å²) in [6, 6.07) is 13.9. The molecule has 0 atom stereocenters. The van der Waals surface area contributed by atoms with Crippen LogP contribution in [0.3, 0.4) is 0 Å². The number of carbonyl (C=O) groups excluding carboxylic acids is 1. The third-order valence-corrected chi connectivity index (χ3v) is 4.63. The number of hydrogen-bond donors (Lipinski definition) is 2. The molecule has 27 heavy (non-hydrogen) atoms. The Morgan fingerprint density at radius 1 is 1.15 bits per heavy atom. The lowest BCUT2D eigenvalue weighted by Gasteiger charge is -2.18. The van der Waals surface area contributed by atoms with E-state index in [-0.39, 0.29) is 18.1 Å². The molecule has 2 aromatic carbocycles. The van der Waals surface area contributed by atoms with Crippen molar-refractivity contribution in [2.75, 3.05) is 7.05 Å². The molecule has 0 unspecified atom stereocenters. The SMILES string of the molecule is CN(Cc1ccc(Cl)c(Cl)c1)C(=O)c1nc(-c2ccccc2)[nH]c(=O)c1O. The molecule has 0 fully saturated rings. The maximum Gasteiger partial charge on any atom is 0.294 e. The van der Waals surface area contributed by atoms with E-state index in [2.05, 4.69) is 9.97 Å². The van der Waals surface area contributed by atoms with Gasteiger partial charge in [-0.1, -0.05) is 59.6 Å². The fourth-order valence-electron chi connectivity index (χ4n) is 2.51. The fourth-order valence-corrected chi connectivity index (χ4v) is 2.83. The number of nitrogens with one attached hydrogen (secondary N) is 1. The number of rotatable bonds is 4. The van der Waals surface area contributed by atoms with Gasteiger partial charge in [0.15, 0.2) is 5.69 Å². The topological polar surface area (TPSA) is 86.3 Å². The Morgan fingerprint density at radius 2 is 1.85 bits per heavy atom. The van der Waals surface area contributed by atoms with Gasteiger partial charge >= 0.3 is 0 Å². The second-order valence-electron chi connectivity index (χ2n) is 5.89. The van der Waals surface area contributed by atoms with Gasteiger partial charge in [0.1, 0.15) is 5.82 Å². The van der Waals surface area contributed by atoms with Gasteiger partial charge in [-0.3, -0.25) is 9.59 Å². The summed E-state index contributed by atoms with van der Waals surface area (Å²) in [5, 5.41) is 10.8. The van der Waals surface area contributed by atoms with E-state index in [1.807, 2.05) is 6.07 Å². The van der Waals surface area contributed by atoms with Crippen LogP contribution in [0.1, 0.15) is 16.1 Å². The molecule has 0 radical (unpaired) electrons. The van der Waals surface area contributed by atoms with E-state index in [9.17, 15) is 14.7 Å². The molecule has 0 saturated heterocycles. The number of H-pyrrole nitrogens is 1. The van der Waals surface area contributed by atoms with Crippen molar-refractivity contribution in [2.45, 2.75) is 6.54 Å². The first-order valence-corrected chi connectivity index (χ1v) is 8.70. The monoisotopic (exact) mass is 403 g/mol. The number of aromatic nitrogens is 2. The lowest BCUT2D eigenvalue weighted by atomic mass is 10.2. The minimum atomic E-state index is -0.782. The van der Waals surface area contributed by atoms with Crippen LogP contribution < -0.4 is 5.56 Å². The Bertz CT molecular complexity index is 1050.